The van der Waals surface area contributed by atoms with Crippen molar-refractivity contribution in [1.82, 2.24) is 5.32 Å². The van der Waals surface area contributed by atoms with Gasteiger partial charge in [0, 0.05) is 11.1 Å². The normalized spacial score (nSPS) is 17.6. The van der Waals surface area contributed by atoms with E-state index in [0.717, 1.165) is 25.7 Å². The van der Waals surface area contributed by atoms with Crippen molar-refractivity contribution in [2.45, 2.75) is 49.7 Å². The van der Waals surface area contributed by atoms with Gasteiger partial charge in [-0.15, -0.1) is 0 Å². The summed E-state index contributed by atoms with van der Waals surface area (Å²) in [5.74, 6) is -0.542. The Hall–Kier alpha value is -1.07. The molecule has 1 aliphatic rings. The largest absolute Gasteiger partial charge is 0.352 e. The van der Waals surface area contributed by atoms with E-state index in [2.05, 4.69) is 5.32 Å². The van der Waals surface area contributed by atoms with Crippen LogP contribution in [-0.4, -0.2) is 25.6 Å². The highest BCUT2D eigenvalue weighted by Gasteiger charge is 2.30. The maximum absolute atomic E-state index is 12.3. The Kier molecular flexibility index (Phi) is 5.27. The van der Waals surface area contributed by atoms with E-state index in [9.17, 15) is 13.2 Å². The second kappa shape index (κ2) is 6.79. The van der Waals surface area contributed by atoms with E-state index >= 15 is 0 Å². The molecular formula is C15H20ClNO3S. The fourth-order valence-electron chi connectivity index (χ4n) is 2.49. The van der Waals surface area contributed by atoms with Crippen molar-refractivity contribution in [2.24, 2.45) is 0 Å². The van der Waals surface area contributed by atoms with Crippen LogP contribution < -0.4 is 5.32 Å². The lowest BCUT2D eigenvalue weighted by Gasteiger charge is -2.17. The number of amides is 1. The minimum atomic E-state index is -3.52. The first kappa shape index (κ1) is 16.3. The van der Waals surface area contributed by atoms with Crippen molar-refractivity contribution in [3.05, 3.63) is 34.9 Å². The van der Waals surface area contributed by atoms with E-state index in [-0.39, 0.29) is 11.8 Å². The average Bonchev–Trinajstić information content (AvgIpc) is 2.93. The Balaban J connectivity index is 2.00. The first-order chi connectivity index (χ1) is 9.88. The highest BCUT2D eigenvalue weighted by Crippen LogP contribution is 2.19. The predicted molar refractivity (Wildman–Crippen MR) is 83.9 cm³/mol. The fourth-order valence-corrected chi connectivity index (χ4v) is 3.92. The van der Waals surface area contributed by atoms with Crippen LogP contribution in [0.2, 0.25) is 5.02 Å². The molecule has 0 spiro atoms. The van der Waals surface area contributed by atoms with Crippen LogP contribution in [0, 0.1) is 0 Å². The average molecular weight is 330 g/mol. The second-order valence-electron chi connectivity index (χ2n) is 5.57. The minimum Gasteiger partial charge on any atom is -0.352 e. The molecule has 116 valence electrons. The van der Waals surface area contributed by atoms with Gasteiger partial charge in [0.05, 0.1) is 5.75 Å². The van der Waals surface area contributed by atoms with Gasteiger partial charge in [-0.3, -0.25) is 4.79 Å². The zero-order valence-electron chi connectivity index (χ0n) is 12.0. The van der Waals surface area contributed by atoms with Crippen molar-refractivity contribution < 1.29 is 13.2 Å². The summed E-state index contributed by atoms with van der Waals surface area (Å²) in [5.41, 5.74) is 0.639. The zero-order valence-corrected chi connectivity index (χ0v) is 13.6. The number of sulfone groups is 1. The third kappa shape index (κ3) is 4.45. The van der Waals surface area contributed by atoms with Gasteiger partial charge < -0.3 is 5.32 Å². The van der Waals surface area contributed by atoms with Crippen molar-refractivity contribution in [3.63, 3.8) is 0 Å². The topological polar surface area (TPSA) is 63.2 Å². The first-order valence-corrected chi connectivity index (χ1v) is 9.24. The van der Waals surface area contributed by atoms with Gasteiger partial charge in [-0.25, -0.2) is 8.42 Å². The summed E-state index contributed by atoms with van der Waals surface area (Å²) in [6.07, 6.45) is 4.07. The van der Waals surface area contributed by atoms with Gasteiger partial charge in [0.1, 0.15) is 5.25 Å². The van der Waals surface area contributed by atoms with Gasteiger partial charge in [0.25, 0.3) is 0 Å². The molecule has 2 rings (SSSR count). The molecule has 0 aromatic heterocycles. The van der Waals surface area contributed by atoms with Gasteiger partial charge in [0.15, 0.2) is 9.84 Å². The molecule has 1 saturated carbocycles. The summed E-state index contributed by atoms with van der Waals surface area (Å²) < 4.78 is 24.6. The van der Waals surface area contributed by atoms with E-state index < -0.39 is 21.0 Å². The number of carbonyl (C=O) groups excluding carboxylic acids is 1. The smallest absolute Gasteiger partial charge is 0.238 e. The molecule has 1 aliphatic carbocycles. The summed E-state index contributed by atoms with van der Waals surface area (Å²) in [7, 11) is -3.52. The van der Waals surface area contributed by atoms with Crippen LogP contribution in [0.5, 0.6) is 0 Å². The predicted octanol–water partition coefficient (Wildman–Crippen LogP) is 2.70. The molecule has 0 bridgehead atoms. The van der Waals surface area contributed by atoms with Gasteiger partial charge in [-0.2, -0.15) is 0 Å². The van der Waals surface area contributed by atoms with E-state index in [1.54, 1.807) is 24.3 Å². The van der Waals surface area contributed by atoms with Crippen LogP contribution in [0.3, 0.4) is 0 Å². The summed E-state index contributed by atoms with van der Waals surface area (Å²) >= 11 is 5.78. The Morgan fingerprint density at radius 3 is 2.43 bits per heavy atom. The van der Waals surface area contributed by atoms with Gasteiger partial charge in [-0.1, -0.05) is 36.6 Å². The number of nitrogens with one attached hydrogen (secondary N) is 1. The molecule has 1 amide bonds. The lowest BCUT2D eigenvalue weighted by molar-refractivity contribution is -0.121. The lowest BCUT2D eigenvalue weighted by atomic mass is 10.2. The van der Waals surface area contributed by atoms with Crippen LogP contribution in [0.4, 0.5) is 0 Å². The molecule has 1 fully saturated rings. The highest BCUT2D eigenvalue weighted by molar-refractivity contribution is 7.92. The number of rotatable bonds is 5. The maximum atomic E-state index is 12.3. The van der Waals surface area contributed by atoms with Crippen LogP contribution in [0.15, 0.2) is 24.3 Å². The highest BCUT2D eigenvalue weighted by atomic mass is 35.5. The van der Waals surface area contributed by atoms with Crippen LogP contribution in [-0.2, 0) is 20.4 Å². The van der Waals surface area contributed by atoms with Crippen LogP contribution >= 0.6 is 11.6 Å². The molecule has 1 aromatic carbocycles. The quantitative estimate of drug-likeness (QED) is 0.903. The number of halogens is 1. The number of carbonyl (C=O) groups is 1. The molecule has 0 saturated heterocycles. The SMILES string of the molecule is CC(C(=O)NC1CCCC1)S(=O)(=O)Cc1ccc(Cl)cc1. The molecule has 1 unspecified atom stereocenters. The van der Waals surface area contributed by atoms with Gasteiger partial charge in [0.2, 0.25) is 5.91 Å². The summed E-state index contributed by atoms with van der Waals surface area (Å²) in [5, 5.41) is 2.37. The molecule has 0 aliphatic heterocycles. The summed E-state index contributed by atoms with van der Waals surface area (Å²) in [6, 6.07) is 6.76. The Morgan fingerprint density at radius 2 is 1.86 bits per heavy atom. The molecule has 4 nitrogen and oxygen atoms in total. The zero-order chi connectivity index (χ0) is 15.5. The van der Waals surface area contributed by atoms with Crippen molar-refractivity contribution in [1.29, 1.82) is 0 Å². The Labute approximate surface area is 130 Å². The third-order valence-electron chi connectivity index (χ3n) is 3.89. The molecule has 0 radical (unpaired) electrons. The monoisotopic (exact) mass is 329 g/mol. The number of benzene rings is 1. The van der Waals surface area contributed by atoms with Crippen LogP contribution in [0.1, 0.15) is 38.2 Å². The Bertz CT molecular complexity index is 592. The standard InChI is InChI=1S/C15H20ClNO3S/c1-11(15(18)17-14-4-2-3-5-14)21(19,20)10-12-6-8-13(16)9-7-12/h6-9,11,14H,2-5,10H2,1H3,(H,17,18). The minimum absolute atomic E-state index is 0.130. The van der Waals surface area contributed by atoms with E-state index in [0.29, 0.717) is 10.6 Å². The van der Waals surface area contributed by atoms with Gasteiger partial charge in [-0.05, 0) is 37.5 Å². The molecular weight excluding hydrogens is 310 g/mol. The molecule has 6 heteroatoms. The van der Waals surface area contributed by atoms with E-state index in [1.807, 2.05) is 0 Å². The van der Waals surface area contributed by atoms with Crippen molar-refractivity contribution in [2.75, 3.05) is 0 Å². The van der Waals surface area contributed by atoms with E-state index in [4.69, 9.17) is 11.6 Å². The van der Waals surface area contributed by atoms with Crippen LogP contribution in [0.25, 0.3) is 0 Å². The molecule has 1 N–H and O–H groups in total. The van der Waals surface area contributed by atoms with Crippen molar-refractivity contribution >= 4 is 27.3 Å². The van der Waals surface area contributed by atoms with Gasteiger partial charge >= 0.3 is 0 Å². The summed E-state index contributed by atoms with van der Waals surface area (Å²) in [6.45, 7) is 1.45. The third-order valence-corrected chi connectivity index (χ3v) is 6.17. The molecule has 21 heavy (non-hydrogen) atoms. The number of hydrogen-bond donors (Lipinski definition) is 1. The number of hydrogen-bond acceptors (Lipinski definition) is 3. The molecule has 1 atom stereocenters. The van der Waals surface area contributed by atoms with E-state index in [1.165, 1.54) is 6.92 Å². The maximum Gasteiger partial charge on any atom is 0.238 e. The summed E-state index contributed by atoms with van der Waals surface area (Å²) in [4.78, 5) is 12.1. The van der Waals surface area contributed by atoms with Crippen molar-refractivity contribution in [3.8, 4) is 0 Å². The second-order valence-corrected chi connectivity index (χ2v) is 8.32. The first-order valence-electron chi connectivity index (χ1n) is 7.15. The lowest BCUT2D eigenvalue weighted by Crippen LogP contribution is -2.42. The Morgan fingerprint density at radius 1 is 1.29 bits per heavy atom. The fraction of sp³-hybridized carbons (Fsp3) is 0.533. The molecule has 0 heterocycles. The molecule has 1 aromatic rings.